The first-order valence-electron chi connectivity index (χ1n) is 8.33. The average Bonchev–Trinajstić information content (AvgIpc) is 3.17. The molecule has 3 N–H and O–H groups in total. The molecule has 4 aromatic rings. The fourth-order valence-electron chi connectivity index (χ4n) is 2.66. The van der Waals surface area contributed by atoms with E-state index in [4.69, 9.17) is 10.5 Å². The number of aromatic nitrogens is 5. The molecule has 8 nitrogen and oxygen atoms in total. The quantitative estimate of drug-likeness (QED) is 0.546. The van der Waals surface area contributed by atoms with Crippen molar-refractivity contribution in [2.24, 2.45) is 0 Å². The van der Waals surface area contributed by atoms with E-state index in [0.717, 1.165) is 0 Å². The van der Waals surface area contributed by atoms with Crippen LogP contribution in [0.25, 0.3) is 11.7 Å². The van der Waals surface area contributed by atoms with Crippen molar-refractivity contribution in [3.63, 3.8) is 0 Å². The number of fused-ring (bicyclic) bond motifs is 1. The van der Waals surface area contributed by atoms with Crippen molar-refractivity contribution in [2.45, 2.75) is 6.92 Å². The summed E-state index contributed by atoms with van der Waals surface area (Å²) in [6.45, 7) is 5.27. The molecule has 0 radical (unpaired) electrons. The van der Waals surface area contributed by atoms with E-state index in [2.05, 4.69) is 31.9 Å². The lowest BCUT2D eigenvalue weighted by Crippen LogP contribution is -2.05. The Morgan fingerprint density at radius 1 is 1.21 bits per heavy atom. The molecule has 28 heavy (non-hydrogen) atoms. The van der Waals surface area contributed by atoms with Crippen LogP contribution in [0.2, 0.25) is 0 Å². The van der Waals surface area contributed by atoms with Gasteiger partial charge in [-0.15, -0.1) is 0 Å². The smallest absolute Gasteiger partial charge is 0.158 e. The van der Waals surface area contributed by atoms with Crippen LogP contribution in [0.4, 0.5) is 21.6 Å². The molecule has 0 aliphatic heterocycles. The number of rotatable bonds is 5. The molecule has 0 unspecified atom stereocenters. The summed E-state index contributed by atoms with van der Waals surface area (Å²) in [7, 11) is 0. The van der Waals surface area contributed by atoms with E-state index in [1.165, 1.54) is 18.7 Å². The number of anilines is 3. The zero-order valence-corrected chi connectivity index (χ0v) is 14.9. The number of benzene rings is 1. The first-order valence-corrected chi connectivity index (χ1v) is 8.33. The molecule has 0 aliphatic rings. The summed E-state index contributed by atoms with van der Waals surface area (Å²) in [4.78, 5) is 12.2. The maximum atomic E-state index is 14.9. The maximum absolute atomic E-state index is 14.9. The Kier molecular flexibility index (Phi) is 4.32. The number of ether oxygens (including phenoxy) is 1. The zero-order chi connectivity index (χ0) is 19.7. The summed E-state index contributed by atoms with van der Waals surface area (Å²) < 4.78 is 22.3. The third-order valence-corrected chi connectivity index (χ3v) is 4.18. The van der Waals surface area contributed by atoms with Crippen molar-refractivity contribution < 1.29 is 9.13 Å². The van der Waals surface area contributed by atoms with E-state index in [9.17, 15) is 4.39 Å². The molecule has 0 saturated heterocycles. The molecule has 0 aliphatic carbocycles. The van der Waals surface area contributed by atoms with Gasteiger partial charge in [-0.25, -0.2) is 23.9 Å². The number of nitrogens with zero attached hydrogens (tertiary/aromatic N) is 5. The summed E-state index contributed by atoms with van der Waals surface area (Å²) in [5.41, 5.74) is 7.93. The third kappa shape index (κ3) is 3.09. The highest BCUT2D eigenvalue weighted by molar-refractivity contribution is 5.75. The van der Waals surface area contributed by atoms with Crippen LogP contribution in [0.1, 0.15) is 11.3 Å². The van der Waals surface area contributed by atoms with E-state index in [0.29, 0.717) is 34.2 Å². The van der Waals surface area contributed by atoms with Crippen LogP contribution in [0, 0.1) is 12.7 Å². The van der Waals surface area contributed by atoms with Crippen molar-refractivity contribution in [1.82, 2.24) is 24.6 Å². The number of halogens is 1. The SMILES string of the molecule is C=Cc1ncnc(Nc2ccc(Oc3ccn4ncnc4c3)c(C)c2F)c1N. The second-order valence-electron chi connectivity index (χ2n) is 5.93. The van der Waals surface area contributed by atoms with Crippen LogP contribution in [-0.4, -0.2) is 24.6 Å². The summed E-state index contributed by atoms with van der Waals surface area (Å²) in [6.07, 6.45) is 6.00. The van der Waals surface area contributed by atoms with Crippen LogP contribution in [0.15, 0.2) is 49.7 Å². The topological polar surface area (TPSA) is 103 Å². The number of nitrogens with two attached hydrogens (primary N) is 1. The molecule has 0 fully saturated rings. The van der Waals surface area contributed by atoms with Crippen LogP contribution in [0.5, 0.6) is 11.5 Å². The fraction of sp³-hybridized carbons (Fsp3) is 0.0526. The van der Waals surface area contributed by atoms with Crippen molar-refractivity contribution in [3.8, 4) is 11.5 Å². The molecule has 4 rings (SSSR count). The van der Waals surface area contributed by atoms with Crippen LogP contribution >= 0.6 is 0 Å². The standard InChI is InChI=1S/C19H16FN7O/c1-3-13-18(21)19(24-9-22-13)26-14-4-5-15(11(2)17(14)20)28-12-6-7-27-16(8-12)23-10-25-27/h3-10H,1,21H2,2H3,(H,22,24,26). The van der Waals surface area contributed by atoms with Gasteiger partial charge in [-0.1, -0.05) is 6.58 Å². The molecular weight excluding hydrogens is 361 g/mol. The predicted octanol–water partition coefficient (Wildman–Crippen LogP) is 3.73. The molecule has 0 atom stereocenters. The van der Waals surface area contributed by atoms with Gasteiger partial charge in [0, 0.05) is 17.8 Å². The normalized spacial score (nSPS) is 10.8. The van der Waals surface area contributed by atoms with Crippen molar-refractivity contribution >= 4 is 28.9 Å². The maximum Gasteiger partial charge on any atom is 0.158 e. The van der Waals surface area contributed by atoms with Crippen LogP contribution in [-0.2, 0) is 0 Å². The Balaban J connectivity index is 1.62. The first-order chi connectivity index (χ1) is 13.6. The Morgan fingerprint density at radius 3 is 2.89 bits per heavy atom. The average molecular weight is 377 g/mol. The molecule has 3 aromatic heterocycles. The van der Waals surface area contributed by atoms with Crippen molar-refractivity contribution in [3.05, 3.63) is 66.8 Å². The second kappa shape index (κ2) is 6.95. The monoisotopic (exact) mass is 377 g/mol. The molecule has 0 spiro atoms. The Morgan fingerprint density at radius 2 is 2.07 bits per heavy atom. The number of nitrogens with one attached hydrogen (secondary N) is 1. The lowest BCUT2D eigenvalue weighted by molar-refractivity contribution is 0.471. The van der Waals surface area contributed by atoms with Crippen LogP contribution in [0.3, 0.4) is 0 Å². The van der Waals surface area contributed by atoms with Gasteiger partial charge in [0.1, 0.15) is 29.8 Å². The van der Waals surface area contributed by atoms with Gasteiger partial charge >= 0.3 is 0 Å². The lowest BCUT2D eigenvalue weighted by atomic mass is 10.1. The highest BCUT2D eigenvalue weighted by Gasteiger charge is 2.14. The van der Waals surface area contributed by atoms with Gasteiger partial charge in [0.25, 0.3) is 0 Å². The van der Waals surface area contributed by atoms with Crippen molar-refractivity contribution in [1.29, 1.82) is 0 Å². The summed E-state index contributed by atoms with van der Waals surface area (Å²) in [6, 6.07) is 6.67. The molecule has 140 valence electrons. The van der Waals surface area contributed by atoms with Gasteiger partial charge in [-0.3, -0.25) is 0 Å². The van der Waals surface area contributed by atoms with E-state index < -0.39 is 5.82 Å². The Hall–Kier alpha value is -4.01. The van der Waals surface area contributed by atoms with Crippen LogP contribution < -0.4 is 15.8 Å². The Labute approximate surface area is 159 Å². The molecular formula is C19H16FN7O. The highest BCUT2D eigenvalue weighted by Crippen LogP contribution is 2.33. The predicted molar refractivity (Wildman–Crippen MR) is 104 cm³/mol. The molecule has 1 aromatic carbocycles. The minimum atomic E-state index is -0.473. The van der Waals surface area contributed by atoms with E-state index >= 15 is 0 Å². The molecule has 0 amide bonds. The van der Waals surface area contributed by atoms with E-state index in [1.54, 1.807) is 41.9 Å². The summed E-state index contributed by atoms with van der Waals surface area (Å²) in [5.74, 6) is 0.738. The van der Waals surface area contributed by atoms with Gasteiger partial charge in [-0.05, 0) is 31.2 Å². The number of hydrogen-bond donors (Lipinski definition) is 2. The van der Waals surface area contributed by atoms with Gasteiger partial charge in [0.2, 0.25) is 0 Å². The molecule has 0 saturated carbocycles. The number of nitrogen functional groups attached to an aromatic ring is 1. The second-order valence-corrected chi connectivity index (χ2v) is 5.93. The Bertz CT molecular complexity index is 1190. The number of pyridine rings is 1. The van der Waals surface area contributed by atoms with Gasteiger partial charge in [0.05, 0.1) is 11.4 Å². The molecule has 3 heterocycles. The number of hydrogen-bond acceptors (Lipinski definition) is 7. The lowest BCUT2D eigenvalue weighted by Gasteiger charge is -2.14. The van der Waals surface area contributed by atoms with E-state index in [-0.39, 0.29) is 11.4 Å². The highest BCUT2D eigenvalue weighted by atomic mass is 19.1. The molecule has 0 bridgehead atoms. The summed E-state index contributed by atoms with van der Waals surface area (Å²) in [5, 5.41) is 6.92. The van der Waals surface area contributed by atoms with Crippen molar-refractivity contribution in [2.75, 3.05) is 11.1 Å². The van der Waals surface area contributed by atoms with Gasteiger partial charge in [0.15, 0.2) is 17.3 Å². The molecule has 9 heteroatoms. The summed E-state index contributed by atoms with van der Waals surface area (Å²) >= 11 is 0. The van der Waals surface area contributed by atoms with Gasteiger partial charge < -0.3 is 15.8 Å². The minimum Gasteiger partial charge on any atom is -0.457 e. The van der Waals surface area contributed by atoms with E-state index in [1.807, 2.05) is 0 Å². The first kappa shape index (κ1) is 17.4. The third-order valence-electron chi connectivity index (χ3n) is 4.18. The van der Waals surface area contributed by atoms with Gasteiger partial charge in [-0.2, -0.15) is 5.10 Å². The largest absolute Gasteiger partial charge is 0.457 e. The fourth-order valence-corrected chi connectivity index (χ4v) is 2.66. The zero-order valence-electron chi connectivity index (χ0n) is 14.9. The minimum absolute atomic E-state index is 0.221.